The Morgan fingerprint density at radius 1 is 1.17 bits per heavy atom. The van der Waals surface area contributed by atoms with Gasteiger partial charge in [-0.25, -0.2) is 16.8 Å². The fourth-order valence-corrected chi connectivity index (χ4v) is 5.81. The van der Waals surface area contributed by atoms with Gasteiger partial charge >= 0.3 is 0 Å². The van der Waals surface area contributed by atoms with Crippen molar-refractivity contribution in [3.8, 4) is 5.75 Å². The summed E-state index contributed by atoms with van der Waals surface area (Å²) in [5, 5.41) is 9.75. The van der Waals surface area contributed by atoms with Gasteiger partial charge in [0.15, 0.2) is 0 Å². The van der Waals surface area contributed by atoms with Crippen molar-refractivity contribution in [3.05, 3.63) is 54.1 Å². The number of hydrogen-bond donors (Lipinski definition) is 2. The van der Waals surface area contributed by atoms with E-state index >= 15 is 0 Å². The molecule has 2 N–H and O–H groups in total. The predicted octanol–water partition coefficient (Wildman–Crippen LogP) is 1.53. The summed E-state index contributed by atoms with van der Waals surface area (Å²) in [7, 11) is -5.85. The molecule has 3 atom stereocenters. The van der Waals surface area contributed by atoms with Gasteiger partial charge in [0.05, 0.1) is 36.8 Å². The van der Waals surface area contributed by atoms with Crippen LogP contribution >= 0.6 is 0 Å². The third kappa shape index (κ3) is 6.75. The summed E-state index contributed by atoms with van der Waals surface area (Å²) >= 11 is 0. The molecule has 10 nitrogen and oxygen atoms in total. The number of anilines is 1. The van der Waals surface area contributed by atoms with Crippen LogP contribution in [-0.4, -0.2) is 82.2 Å². The number of rotatable bonds is 8. The van der Waals surface area contributed by atoms with Gasteiger partial charge in [-0.3, -0.25) is 9.52 Å². The molecule has 12 heteroatoms. The second kappa shape index (κ2) is 11.2. The zero-order valence-corrected chi connectivity index (χ0v) is 22.4. The monoisotopic (exact) mass is 539 g/mol. The molecular weight excluding hydrogens is 506 g/mol. The predicted molar refractivity (Wildman–Crippen MR) is 137 cm³/mol. The highest BCUT2D eigenvalue weighted by Gasteiger charge is 2.33. The minimum atomic E-state index is -3.79. The molecule has 2 aromatic rings. The van der Waals surface area contributed by atoms with Crippen LogP contribution in [0.4, 0.5) is 5.69 Å². The maximum absolute atomic E-state index is 13.2. The summed E-state index contributed by atoms with van der Waals surface area (Å²) in [4.78, 5) is 14.9. The summed E-state index contributed by atoms with van der Waals surface area (Å²) in [6.07, 6.45) is 0.318. The van der Waals surface area contributed by atoms with Gasteiger partial charge in [-0.1, -0.05) is 25.1 Å². The van der Waals surface area contributed by atoms with E-state index in [0.717, 1.165) is 6.26 Å². The average Bonchev–Trinajstić information content (AvgIpc) is 2.86. The fourth-order valence-electron chi connectivity index (χ4n) is 4.05. The number of likely N-dealkylation sites (N-methyl/N-ethyl adjacent to an activating group) is 1. The molecule has 0 radical (unpaired) electrons. The quantitative estimate of drug-likeness (QED) is 0.520. The van der Waals surface area contributed by atoms with Gasteiger partial charge in [-0.2, -0.15) is 4.31 Å². The molecule has 1 heterocycles. The summed E-state index contributed by atoms with van der Waals surface area (Å²) in [6.45, 7) is 3.61. The van der Waals surface area contributed by atoms with E-state index < -0.39 is 32.2 Å². The van der Waals surface area contributed by atoms with Crippen LogP contribution in [0.3, 0.4) is 0 Å². The van der Waals surface area contributed by atoms with Gasteiger partial charge in [0, 0.05) is 30.8 Å². The van der Waals surface area contributed by atoms with Gasteiger partial charge in [0.2, 0.25) is 26.0 Å². The van der Waals surface area contributed by atoms with Crippen molar-refractivity contribution < 1.29 is 31.5 Å². The molecule has 1 aliphatic heterocycles. The number of carbonyl (C=O) groups is 1. The number of nitrogens with one attached hydrogen (secondary N) is 1. The van der Waals surface area contributed by atoms with Crippen molar-refractivity contribution in [2.24, 2.45) is 5.92 Å². The molecule has 2 aromatic carbocycles. The van der Waals surface area contributed by atoms with Crippen LogP contribution < -0.4 is 9.46 Å². The zero-order chi connectivity index (χ0) is 26.7. The number of aliphatic hydroxyl groups excluding tert-OH is 1. The normalized spacial score (nSPS) is 20.1. The number of aliphatic hydroxyl groups is 1. The second-order valence-corrected chi connectivity index (χ2v) is 13.0. The Bertz CT molecular complexity index is 1280. The van der Waals surface area contributed by atoms with Crippen molar-refractivity contribution in [1.29, 1.82) is 0 Å². The summed E-state index contributed by atoms with van der Waals surface area (Å²) in [5.74, 6) is -0.185. The zero-order valence-electron chi connectivity index (χ0n) is 20.8. The van der Waals surface area contributed by atoms with E-state index in [0.29, 0.717) is 11.3 Å². The Morgan fingerprint density at radius 3 is 2.44 bits per heavy atom. The van der Waals surface area contributed by atoms with E-state index in [9.17, 15) is 26.7 Å². The third-order valence-corrected chi connectivity index (χ3v) is 8.55. The Kier molecular flexibility index (Phi) is 8.65. The van der Waals surface area contributed by atoms with Gasteiger partial charge in [-0.05, 0) is 37.3 Å². The largest absolute Gasteiger partial charge is 0.488 e. The van der Waals surface area contributed by atoms with E-state index in [1.807, 2.05) is 6.92 Å². The maximum Gasteiger partial charge on any atom is 0.242 e. The molecule has 0 aromatic heterocycles. The Morgan fingerprint density at radius 2 is 1.83 bits per heavy atom. The first kappa shape index (κ1) is 27.9. The lowest BCUT2D eigenvalue weighted by molar-refractivity contribution is -0.134. The van der Waals surface area contributed by atoms with Crippen LogP contribution in [0.2, 0.25) is 0 Å². The fraction of sp³-hybridized carbons (Fsp3) is 0.458. The highest BCUT2D eigenvalue weighted by atomic mass is 32.2. The number of benzene rings is 2. The minimum absolute atomic E-state index is 0.0106. The van der Waals surface area contributed by atoms with Gasteiger partial charge in [0.25, 0.3) is 0 Å². The van der Waals surface area contributed by atoms with E-state index in [-0.39, 0.29) is 48.5 Å². The van der Waals surface area contributed by atoms with E-state index in [1.165, 1.54) is 35.6 Å². The number of ether oxygens (including phenoxy) is 1. The summed E-state index contributed by atoms with van der Waals surface area (Å²) in [6, 6.07) is 12.3. The Hall–Kier alpha value is -2.67. The highest BCUT2D eigenvalue weighted by Crippen LogP contribution is 2.30. The molecule has 1 aliphatic rings. The smallest absolute Gasteiger partial charge is 0.242 e. The molecule has 0 saturated carbocycles. The van der Waals surface area contributed by atoms with Crippen LogP contribution in [0.5, 0.6) is 5.75 Å². The Balaban J connectivity index is 1.99. The van der Waals surface area contributed by atoms with Gasteiger partial charge < -0.3 is 14.7 Å². The van der Waals surface area contributed by atoms with Crippen LogP contribution in [0.15, 0.2) is 53.4 Å². The van der Waals surface area contributed by atoms with Crippen LogP contribution in [-0.2, 0) is 31.3 Å². The first-order valence-electron chi connectivity index (χ1n) is 11.5. The molecule has 0 fully saturated rings. The number of fused-ring (bicyclic) bond motifs is 1. The molecule has 3 rings (SSSR count). The number of sulfonamides is 2. The lowest BCUT2D eigenvalue weighted by Crippen LogP contribution is -2.48. The number of nitrogens with zero attached hydrogens (tertiary/aromatic N) is 2. The topological polar surface area (TPSA) is 133 Å². The number of hydrogen-bond acceptors (Lipinski definition) is 7. The molecular formula is C24H33N3O7S2. The number of amides is 1. The molecule has 0 aliphatic carbocycles. The van der Waals surface area contributed by atoms with Crippen LogP contribution in [0, 0.1) is 5.92 Å². The minimum Gasteiger partial charge on any atom is -0.488 e. The summed E-state index contributed by atoms with van der Waals surface area (Å²) in [5.41, 5.74) is 0.735. The van der Waals surface area contributed by atoms with E-state index in [1.54, 1.807) is 36.1 Å². The first-order valence-corrected chi connectivity index (χ1v) is 14.8. The standard InChI is InChI=1S/C24H33N3O7S2/c1-17-14-27(18(2)16-28)24(29)13-19-12-20(25-35(4,30)31)10-11-22(19)34-23(17)15-26(3)36(32,33)21-8-6-5-7-9-21/h5-12,17-18,23,25,28H,13-16H2,1-4H3/t17-,18+,23+/m0/s1. The van der Waals surface area contributed by atoms with Crippen molar-refractivity contribution in [3.63, 3.8) is 0 Å². The highest BCUT2D eigenvalue weighted by molar-refractivity contribution is 7.92. The molecule has 198 valence electrons. The van der Waals surface area contributed by atoms with Crippen molar-refractivity contribution in [1.82, 2.24) is 9.21 Å². The van der Waals surface area contributed by atoms with Crippen molar-refractivity contribution in [2.75, 3.05) is 37.7 Å². The summed E-state index contributed by atoms with van der Waals surface area (Å²) < 4.78 is 59.6. The van der Waals surface area contributed by atoms with Gasteiger partial charge in [0.1, 0.15) is 11.9 Å². The molecule has 36 heavy (non-hydrogen) atoms. The van der Waals surface area contributed by atoms with Crippen molar-refractivity contribution in [2.45, 2.75) is 37.3 Å². The van der Waals surface area contributed by atoms with Crippen LogP contribution in [0.25, 0.3) is 0 Å². The third-order valence-electron chi connectivity index (χ3n) is 6.11. The number of carbonyl (C=O) groups excluding carboxylic acids is 1. The van der Waals surface area contributed by atoms with Crippen molar-refractivity contribution >= 4 is 31.6 Å². The Labute approximate surface area is 213 Å². The molecule has 0 unspecified atom stereocenters. The van der Waals surface area contributed by atoms with Crippen LogP contribution in [0.1, 0.15) is 19.4 Å². The molecule has 0 saturated heterocycles. The first-order chi connectivity index (χ1) is 16.8. The van der Waals surface area contributed by atoms with E-state index in [2.05, 4.69) is 4.72 Å². The molecule has 1 amide bonds. The molecule has 0 bridgehead atoms. The SMILES string of the molecule is C[C@H](CO)N1C[C@H](C)[C@@H](CN(C)S(=O)(=O)c2ccccc2)Oc2ccc(NS(C)(=O)=O)cc2CC1=O. The average molecular weight is 540 g/mol. The second-order valence-electron chi connectivity index (χ2n) is 9.18. The van der Waals surface area contributed by atoms with E-state index in [4.69, 9.17) is 4.74 Å². The molecule has 0 spiro atoms. The lowest BCUT2D eigenvalue weighted by Gasteiger charge is -2.33. The van der Waals surface area contributed by atoms with Gasteiger partial charge in [-0.15, -0.1) is 0 Å². The lowest BCUT2D eigenvalue weighted by atomic mass is 10.0. The maximum atomic E-state index is 13.2.